The first-order chi connectivity index (χ1) is 9.74. The summed E-state index contributed by atoms with van der Waals surface area (Å²) in [4.78, 5) is 23.2. The Morgan fingerprint density at radius 1 is 1.38 bits per heavy atom. The van der Waals surface area contributed by atoms with E-state index in [1.165, 1.54) is 6.92 Å². The number of hydrogen-bond acceptors (Lipinski definition) is 3. The molecule has 21 heavy (non-hydrogen) atoms. The number of ether oxygens (including phenoxy) is 1. The topological polar surface area (TPSA) is 63.6 Å². The van der Waals surface area contributed by atoms with Crippen molar-refractivity contribution in [1.82, 2.24) is 0 Å². The van der Waals surface area contributed by atoms with Gasteiger partial charge in [0.15, 0.2) is 0 Å². The lowest BCUT2D eigenvalue weighted by atomic mass is 9.60. The monoisotopic (exact) mass is 292 g/mol. The maximum atomic E-state index is 11.6. The number of aliphatic carboxylic acids is 1. The van der Waals surface area contributed by atoms with E-state index < -0.39 is 5.97 Å². The normalized spacial score (nSPS) is 47.7. The summed E-state index contributed by atoms with van der Waals surface area (Å²) < 4.78 is 5.70. The fraction of sp³-hybridized carbons (Fsp3) is 0.765. The van der Waals surface area contributed by atoms with Crippen LogP contribution in [-0.4, -0.2) is 23.1 Å². The summed E-state index contributed by atoms with van der Waals surface area (Å²) in [6.07, 6.45) is 4.74. The molecule has 2 fully saturated rings. The Kier molecular flexibility index (Phi) is 3.02. The van der Waals surface area contributed by atoms with E-state index in [0.29, 0.717) is 17.4 Å². The van der Waals surface area contributed by atoms with Gasteiger partial charge in [0.25, 0.3) is 0 Å². The minimum Gasteiger partial charge on any atom is -0.478 e. The third-order valence-electron chi connectivity index (χ3n) is 6.60. The number of hydrogen-bond donors (Lipinski definition) is 1. The highest BCUT2D eigenvalue weighted by molar-refractivity contribution is 5.88. The molecule has 0 radical (unpaired) electrons. The molecule has 3 rings (SSSR count). The summed E-state index contributed by atoms with van der Waals surface area (Å²) >= 11 is 0. The highest BCUT2D eigenvalue weighted by atomic mass is 16.5. The lowest BCUT2D eigenvalue weighted by Gasteiger charge is -2.45. The van der Waals surface area contributed by atoms with Gasteiger partial charge in [-0.2, -0.15) is 0 Å². The average molecular weight is 292 g/mol. The molecule has 0 bridgehead atoms. The van der Waals surface area contributed by atoms with E-state index in [2.05, 4.69) is 13.8 Å². The summed E-state index contributed by atoms with van der Waals surface area (Å²) in [7, 11) is 0. The first kappa shape index (κ1) is 14.6. The van der Waals surface area contributed by atoms with E-state index in [1.807, 2.05) is 13.0 Å². The predicted octanol–water partition coefficient (Wildman–Crippen LogP) is 3.02. The average Bonchev–Trinajstić information content (AvgIpc) is 2.89. The van der Waals surface area contributed by atoms with Gasteiger partial charge in [0.05, 0.1) is 0 Å². The van der Waals surface area contributed by atoms with Crippen molar-refractivity contribution >= 4 is 11.9 Å². The smallest absolute Gasteiger partial charge is 0.331 e. The molecule has 3 aliphatic rings. The third-order valence-corrected chi connectivity index (χ3v) is 6.60. The summed E-state index contributed by atoms with van der Waals surface area (Å²) in [5.41, 5.74) is 0.107. The standard InChI is InChI=1S/C17H24O4/c1-9-7-14(21-11(3)18)17-10(2)12(15(19)20)8-16(17,4)6-5-13(9)17/h8-10,13-14H,5-7H2,1-4H3,(H,19,20). The number of allylic oxidation sites excluding steroid dienone is 1. The molecular weight excluding hydrogens is 268 g/mol. The Hall–Kier alpha value is -1.32. The zero-order valence-electron chi connectivity index (χ0n) is 13.2. The molecular formula is C17H24O4. The van der Waals surface area contributed by atoms with Gasteiger partial charge in [0.1, 0.15) is 6.10 Å². The number of carbonyl (C=O) groups is 2. The van der Waals surface area contributed by atoms with Crippen molar-refractivity contribution in [1.29, 1.82) is 0 Å². The second-order valence-corrected chi connectivity index (χ2v) is 7.43. The van der Waals surface area contributed by atoms with Crippen molar-refractivity contribution in [3.63, 3.8) is 0 Å². The maximum Gasteiger partial charge on any atom is 0.331 e. The van der Waals surface area contributed by atoms with Crippen molar-refractivity contribution < 1.29 is 19.4 Å². The van der Waals surface area contributed by atoms with Crippen LogP contribution in [0.4, 0.5) is 0 Å². The Balaban J connectivity index is 2.11. The number of rotatable bonds is 2. The summed E-state index contributed by atoms with van der Waals surface area (Å²) in [5.74, 6) is -0.239. The largest absolute Gasteiger partial charge is 0.478 e. The van der Waals surface area contributed by atoms with Gasteiger partial charge in [-0.15, -0.1) is 0 Å². The minimum atomic E-state index is -0.827. The number of carboxylic acids is 1. The zero-order chi connectivity index (χ0) is 15.6. The van der Waals surface area contributed by atoms with Crippen molar-refractivity contribution in [2.75, 3.05) is 0 Å². The van der Waals surface area contributed by atoms with Gasteiger partial charge >= 0.3 is 11.9 Å². The van der Waals surface area contributed by atoms with Crippen LogP contribution in [0, 0.1) is 28.6 Å². The highest BCUT2D eigenvalue weighted by Crippen LogP contribution is 2.73. The minimum absolute atomic E-state index is 0.0678. The van der Waals surface area contributed by atoms with E-state index in [9.17, 15) is 14.7 Å². The quantitative estimate of drug-likeness (QED) is 0.795. The Labute approximate surface area is 125 Å². The molecule has 0 aromatic rings. The molecule has 0 aromatic heterocycles. The first-order valence-corrected chi connectivity index (χ1v) is 7.87. The van der Waals surface area contributed by atoms with Gasteiger partial charge in [-0.25, -0.2) is 4.79 Å². The summed E-state index contributed by atoms with van der Waals surface area (Å²) in [6, 6.07) is 0. The number of carboxylic acid groups (broad SMARTS) is 1. The van der Waals surface area contributed by atoms with Crippen LogP contribution < -0.4 is 0 Å². The number of carbonyl (C=O) groups excluding carboxylic acids is 1. The van der Waals surface area contributed by atoms with Gasteiger partial charge in [-0.05, 0) is 42.4 Å². The Morgan fingerprint density at radius 2 is 2.05 bits per heavy atom. The molecule has 1 spiro atoms. The van der Waals surface area contributed by atoms with Gasteiger partial charge in [-0.3, -0.25) is 4.79 Å². The molecule has 4 heteroatoms. The predicted molar refractivity (Wildman–Crippen MR) is 77.5 cm³/mol. The molecule has 116 valence electrons. The lowest BCUT2D eigenvalue weighted by Crippen LogP contribution is -2.47. The summed E-state index contributed by atoms with van der Waals surface area (Å²) in [6.45, 7) is 7.84. The van der Waals surface area contributed by atoms with E-state index in [4.69, 9.17) is 4.74 Å². The van der Waals surface area contributed by atoms with Gasteiger partial charge in [0.2, 0.25) is 0 Å². The molecule has 0 aromatic carbocycles. The zero-order valence-corrected chi connectivity index (χ0v) is 13.2. The molecule has 1 N–H and O–H groups in total. The molecule has 6 unspecified atom stereocenters. The van der Waals surface area contributed by atoms with Crippen LogP contribution in [0.3, 0.4) is 0 Å². The Bertz CT molecular complexity index is 537. The van der Waals surface area contributed by atoms with Gasteiger partial charge < -0.3 is 9.84 Å². The number of esters is 1. The van der Waals surface area contributed by atoms with Crippen molar-refractivity contribution in [2.45, 2.75) is 53.1 Å². The van der Waals surface area contributed by atoms with Crippen molar-refractivity contribution in [3.05, 3.63) is 11.6 Å². The molecule has 3 aliphatic carbocycles. The van der Waals surface area contributed by atoms with Crippen LogP contribution in [0.25, 0.3) is 0 Å². The molecule has 2 saturated carbocycles. The lowest BCUT2D eigenvalue weighted by molar-refractivity contribution is -0.158. The van der Waals surface area contributed by atoms with Crippen LogP contribution in [0.1, 0.15) is 47.0 Å². The second kappa shape index (κ2) is 4.34. The summed E-state index contributed by atoms with van der Waals surface area (Å²) in [5, 5.41) is 9.53. The first-order valence-electron chi connectivity index (χ1n) is 7.87. The van der Waals surface area contributed by atoms with Crippen LogP contribution in [0.2, 0.25) is 0 Å². The third kappa shape index (κ3) is 1.62. The van der Waals surface area contributed by atoms with Gasteiger partial charge in [-0.1, -0.05) is 26.8 Å². The fourth-order valence-electron chi connectivity index (χ4n) is 6.00. The molecule has 4 nitrogen and oxygen atoms in total. The van der Waals surface area contributed by atoms with Crippen molar-refractivity contribution in [3.8, 4) is 0 Å². The highest BCUT2D eigenvalue weighted by Gasteiger charge is 2.72. The van der Waals surface area contributed by atoms with E-state index in [0.717, 1.165) is 19.3 Å². The molecule has 0 heterocycles. The van der Waals surface area contributed by atoms with E-state index in [1.54, 1.807) is 0 Å². The molecule has 0 saturated heterocycles. The van der Waals surface area contributed by atoms with E-state index >= 15 is 0 Å². The fourth-order valence-corrected chi connectivity index (χ4v) is 6.00. The van der Waals surface area contributed by atoms with Crippen LogP contribution in [0.5, 0.6) is 0 Å². The second-order valence-electron chi connectivity index (χ2n) is 7.43. The maximum absolute atomic E-state index is 11.6. The van der Waals surface area contributed by atoms with Gasteiger partial charge in [0, 0.05) is 17.9 Å². The van der Waals surface area contributed by atoms with Crippen LogP contribution in [-0.2, 0) is 14.3 Å². The van der Waals surface area contributed by atoms with Crippen LogP contribution in [0.15, 0.2) is 11.6 Å². The molecule has 6 atom stereocenters. The van der Waals surface area contributed by atoms with Crippen molar-refractivity contribution in [2.24, 2.45) is 28.6 Å². The van der Waals surface area contributed by atoms with Crippen LogP contribution >= 0.6 is 0 Å². The SMILES string of the molecule is CC(=O)OC1CC(C)C2CCC3(C)C=C(C(=O)O)C(C)C123. The van der Waals surface area contributed by atoms with E-state index in [-0.39, 0.29) is 28.8 Å². The molecule has 0 amide bonds. The Morgan fingerprint density at radius 3 is 2.62 bits per heavy atom. The molecule has 0 aliphatic heterocycles.